The first-order valence-electron chi connectivity index (χ1n) is 10.2. The maximum Gasteiger partial charge on any atom is 0.258 e. The van der Waals surface area contributed by atoms with E-state index in [9.17, 15) is 14.3 Å². The van der Waals surface area contributed by atoms with Gasteiger partial charge in [-0.05, 0) is 55.5 Å². The lowest BCUT2D eigenvalue weighted by atomic mass is 9.61. The van der Waals surface area contributed by atoms with Crippen LogP contribution in [0.3, 0.4) is 0 Å². The molecule has 3 aliphatic rings. The number of ether oxygens (including phenoxy) is 2. The zero-order valence-electron chi connectivity index (χ0n) is 16.9. The molecule has 5 rings (SSSR count). The number of benzene rings is 2. The smallest absolute Gasteiger partial charge is 0.258 e. The fourth-order valence-electron chi connectivity index (χ4n) is 4.49. The minimum absolute atomic E-state index is 0.00927. The summed E-state index contributed by atoms with van der Waals surface area (Å²) in [6.07, 6.45) is 2.50. The molecule has 2 aromatic carbocycles. The highest BCUT2D eigenvalue weighted by Gasteiger charge is 2.55. The van der Waals surface area contributed by atoms with Gasteiger partial charge in [-0.1, -0.05) is 35.3 Å². The lowest BCUT2D eigenvalue weighted by Gasteiger charge is -2.55. The maximum atomic E-state index is 13.5. The molecule has 166 valence electrons. The van der Waals surface area contributed by atoms with Crippen molar-refractivity contribution < 1.29 is 23.8 Å². The van der Waals surface area contributed by atoms with Gasteiger partial charge in [0.15, 0.2) is 6.61 Å². The van der Waals surface area contributed by atoms with E-state index in [4.69, 9.17) is 32.7 Å². The SMILES string of the molecule is O=C(COc1ccc(Cl)c(F)c1)NC12CCC(OCc3ccc(Cl)cc3)(CC1)CC2O. The van der Waals surface area contributed by atoms with Crippen LogP contribution >= 0.6 is 23.2 Å². The molecular formula is C23H24Cl2FNO4. The molecule has 0 radical (unpaired) electrons. The van der Waals surface area contributed by atoms with Gasteiger partial charge in [-0.3, -0.25) is 4.79 Å². The van der Waals surface area contributed by atoms with Crippen LogP contribution in [0, 0.1) is 5.82 Å². The van der Waals surface area contributed by atoms with Gasteiger partial charge in [-0.25, -0.2) is 4.39 Å². The van der Waals surface area contributed by atoms with Crippen molar-refractivity contribution in [2.45, 2.75) is 56.0 Å². The summed E-state index contributed by atoms with van der Waals surface area (Å²) in [5.41, 5.74) is -0.0420. The molecule has 3 aliphatic carbocycles. The summed E-state index contributed by atoms with van der Waals surface area (Å²) in [4.78, 5) is 12.5. The number of carbonyl (C=O) groups excluding carboxylic acids is 1. The van der Waals surface area contributed by atoms with E-state index in [1.54, 1.807) is 0 Å². The second-order valence-corrected chi connectivity index (χ2v) is 9.23. The van der Waals surface area contributed by atoms with Gasteiger partial charge >= 0.3 is 0 Å². The van der Waals surface area contributed by atoms with Crippen LogP contribution in [0.5, 0.6) is 5.75 Å². The molecule has 2 bridgehead atoms. The number of aliphatic hydroxyl groups is 1. The Labute approximate surface area is 190 Å². The minimum Gasteiger partial charge on any atom is -0.484 e. The molecule has 1 unspecified atom stereocenters. The van der Waals surface area contributed by atoms with E-state index < -0.39 is 17.5 Å². The largest absolute Gasteiger partial charge is 0.484 e. The molecule has 0 heterocycles. The lowest BCUT2D eigenvalue weighted by Crippen LogP contribution is -2.67. The van der Waals surface area contributed by atoms with E-state index in [2.05, 4.69) is 5.32 Å². The molecule has 0 saturated heterocycles. The molecule has 5 nitrogen and oxygen atoms in total. The summed E-state index contributed by atoms with van der Waals surface area (Å²) in [6, 6.07) is 11.5. The molecule has 0 spiro atoms. The maximum absolute atomic E-state index is 13.5. The van der Waals surface area contributed by atoms with Crippen molar-refractivity contribution >= 4 is 29.1 Å². The third kappa shape index (κ3) is 4.98. The Morgan fingerprint density at radius 1 is 1.13 bits per heavy atom. The molecule has 0 aliphatic heterocycles. The van der Waals surface area contributed by atoms with Crippen LogP contribution in [0.1, 0.15) is 37.7 Å². The van der Waals surface area contributed by atoms with Crippen LogP contribution in [0.2, 0.25) is 10.0 Å². The van der Waals surface area contributed by atoms with Crippen molar-refractivity contribution in [2.24, 2.45) is 0 Å². The van der Waals surface area contributed by atoms with Gasteiger partial charge in [0, 0.05) is 17.5 Å². The quantitative estimate of drug-likeness (QED) is 0.621. The van der Waals surface area contributed by atoms with E-state index in [1.165, 1.54) is 12.1 Å². The molecular weight excluding hydrogens is 444 g/mol. The normalized spacial score (nSPS) is 27.2. The summed E-state index contributed by atoms with van der Waals surface area (Å²) in [5, 5.41) is 14.5. The van der Waals surface area contributed by atoms with Crippen molar-refractivity contribution in [2.75, 3.05) is 6.61 Å². The molecule has 8 heteroatoms. The fraction of sp³-hybridized carbons (Fsp3) is 0.435. The fourth-order valence-corrected chi connectivity index (χ4v) is 4.74. The Hall–Kier alpha value is -1.86. The number of carbonyl (C=O) groups is 1. The highest BCUT2D eigenvalue weighted by atomic mass is 35.5. The van der Waals surface area contributed by atoms with Crippen molar-refractivity contribution in [3.05, 3.63) is 63.9 Å². The second-order valence-electron chi connectivity index (χ2n) is 8.39. The van der Waals surface area contributed by atoms with Gasteiger partial charge in [-0.2, -0.15) is 0 Å². The first-order chi connectivity index (χ1) is 14.8. The van der Waals surface area contributed by atoms with Gasteiger partial charge < -0.3 is 19.9 Å². The third-order valence-electron chi connectivity index (χ3n) is 6.36. The summed E-state index contributed by atoms with van der Waals surface area (Å²) >= 11 is 11.6. The first-order valence-corrected chi connectivity index (χ1v) is 11.0. The summed E-state index contributed by atoms with van der Waals surface area (Å²) in [7, 11) is 0. The van der Waals surface area contributed by atoms with Crippen molar-refractivity contribution in [1.82, 2.24) is 5.32 Å². The number of fused-ring (bicyclic) bond motifs is 3. The summed E-state index contributed by atoms with van der Waals surface area (Å²) in [5.74, 6) is -0.744. The average molecular weight is 468 g/mol. The van der Waals surface area contributed by atoms with Crippen LogP contribution in [-0.2, 0) is 16.1 Å². The lowest BCUT2D eigenvalue weighted by molar-refractivity contribution is -0.176. The Morgan fingerprint density at radius 2 is 1.84 bits per heavy atom. The van der Waals surface area contributed by atoms with Gasteiger partial charge in [0.2, 0.25) is 0 Å². The predicted octanol–water partition coefficient (Wildman–Crippen LogP) is 4.66. The highest BCUT2D eigenvalue weighted by molar-refractivity contribution is 6.30. The summed E-state index contributed by atoms with van der Waals surface area (Å²) in [6.45, 7) is 0.183. The molecule has 0 aromatic heterocycles. The minimum atomic E-state index is -0.711. The van der Waals surface area contributed by atoms with E-state index in [-0.39, 0.29) is 28.9 Å². The third-order valence-corrected chi connectivity index (χ3v) is 6.92. The predicted molar refractivity (Wildman–Crippen MR) is 116 cm³/mol. The van der Waals surface area contributed by atoms with Crippen LogP contribution in [-0.4, -0.2) is 34.9 Å². The molecule has 2 aromatic rings. The van der Waals surface area contributed by atoms with Crippen LogP contribution in [0.25, 0.3) is 0 Å². The number of halogens is 3. The van der Waals surface area contributed by atoms with Gasteiger partial charge in [0.25, 0.3) is 5.91 Å². The molecule has 3 saturated carbocycles. The standard InChI is InChI=1S/C23H24Cl2FNO4/c24-16-3-1-15(2-4-16)13-31-22-7-9-23(10-8-22,20(28)12-22)27-21(29)14-30-17-5-6-18(25)19(26)11-17/h1-6,11,20,28H,7-10,12-14H2,(H,27,29). The average Bonchev–Trinajstić information content (AvgIpc) is 2.76. The van der Waals surface area contributed by atoms with Crippen LogP contribution in [0.15, 0.2) is 42.5 Å². The van der Waals surface area contributed by atoms with E-state index in [0.29, 0.717) is 30.9 Å². The highest BCUT2D eigenvalue weighted by Crippen LogP contribution is 2.49. The molecule has 2 N–H and O–H groups in total. The molecule has 31 heavy (non-hydrogen) atoms. The Kier molecular flexibility index (Phi) is 6.44. The number of nitrogens with one attached hydrogen (secondary N) is 1. The Bertz CT molecular complexity index is 945. The Balaban J connectivity index is 1.31. The van der Waals surface area contributed by atoms with Gasteiger partial charge in [0.05, 0.1) is 28.9 Å². The summed E-state index contributed by atoms with van der Waals surface area (Å²) < 4.78 is 25.1. The number of rotatable bonds is 7. The van der Waals surface area contributed by atoms with E-state index >= 15 is 0 Å². The monoisotopic (exact) mass is 467 g/mol. The topological polar surface area (TPSA) is 67.8 Å². The van der Waals surface area contributed by atoms with Crippen molar-refractivity contribution in [3.8, 4) is 5.75 Å². The van der Waals surface area contributed by atoms with Gasteiger partial charge in [-0.15, -0.1) is 0 Å². The van der Waals surface area contributed by atoms with Crippen LogP contribution in [0.4, 0.5) is 4.39 Å². The van der Waals surface area contributed by atoms with Crippen molar-refractivity contribution in [1.29, 1.82) is 0 Å². The van der Waals surface area contributed by atoms with Crippen LogP contribution < -0.4 is 10.1 Å². The molecule has 3 fully saturated rings. The zero-order chi connectivity index (χ0) is 22.1. The van der Waals surface area contributed by atoms with Crippen molar-refractivity contribution in [3.63, 3.8) is 0 Å². The van der Waals surface area contributed by atoms with Gasteiger partial charge in [0.1, 0.15) is 11.6 Å². The number of hydrogen-bond acceptors (Lipinski definition) is 4. The Morgan fingerprint density at radius 3 is 2.48 bits per heavy atom. The van der Waals surface area contributed by atoms with E-state index in [0.717, 1.165) is 24.5 Å². The first kappa shape index (κ1) is 22.3. The second kappa shape index (κ2) is 8.94. The van der Waals surface area contributed by atoms with E-state index in [1.807, 2.05) is 24.3 Å². The zero-order valence-corrected chi connectivity index (χ0v) is 18.4. The number of hydrogen-bond donors (Lipinski definition) is 2. The molecule has 1 atom stereocenters. The molecule has 1 amide bonds. The number of aliphatic hydroxyl groups excluding tert-OH is 1. The number of amides is 1.